The molecular formula is C22H23N3O4S. The zero-order valence-corrected chi connectivity index (χ0v) is 17.7. The molecular weight excluding hydrogens is 402 g/mol. The van der Waals surface area contributed by atoms with Crippen LogP contribution in [0.25, 0.3) is 0 Å². The summed E-state index contributed by atoms with van der Waals surface area (Å²) in [5, 5.41) is 9.29. The molecule has 1 aliphatic rings. The maximum atomic E-state index is 12.7. The van der Waals surface area contributed by atoms with Crippen molar-refractivity contribution in [1.82, 2.24) is 10.7 Å². The molecule has 2 N–H and O–H groups in total. The van der Waals surface area contributed by atoms with Gasteiger partial charge in [0.2, 0.25) is 0 Å². The molecule has 0 radical (unpaired) electrons. The van der Waals surface area contributed by atoms with Crippen molar-refractivity contribution in [3.8, 4) is 0 Å². The number of aryl methyl sites for hydroxylation is 2. The van der Waals surface area contributed by atoms with Crippen molar-refractivity contribution in [1.29, 1.82) is 0 Å². The molecule has 4 rings (SSSR count). The van der Waals surface area contributed by atoms with Crippen molar-refractivity contribution in [3.63, 3.8) is 0 Å². The molecule has 0 unspecified atom stereocenters. The molecule has 3 heterocycles. The number of nitrogens with one attached hydrogen (secondary N) is 2. The summed E-state index contributed by atoms with van der Waals surface area (Å²) in [6.45, 7) is 4.13. The lowest BCUT2D eigenvalue weighted by molar-refractivity contribution is 0.0922. The third kappa shape index (κ3) is 4.09. The van der Waals surface area contributed by atoms with Gasteiger partial charge in [-0.2, -0.15) is 5.10 Å². The minimum absolute atomic E-state index is 0.226. The number of amides is 2. The van der Waals surface area contributed by atoms with Gasteiger partial charge in [0, 0.05) is 29.0 Å². The van der Waals surface area contributed by atoms with Crippen molar-refractivity contribution in [2.45, 2.75) is 39.5 Å². The molecule has 2 amide bonds. The van der Waals surface area contributed by atoms with Gasteiger partial charge in [0.25, 0.3) is 11.8 Å². The van der Waals surface area contributed by atoms with Crippen LogP contribution in [0, 0.1) is 13.8 Å². The number of nitrogens with zero attached hydrogens (tertiary/aromatic N) is 1. The highest BCUT2D eigenvalue weighted by Gasteiger charge is 2.28. The molecule has 0 aliphatic heterocycles. The van der Waals surface area contributed by atoms with Crippen LogP contribution < -0.4 is 10.7 Å². The molecule has 0 spiro atoms. The summed E-state index contributed by atoms with van der Waals surface area (Å²) in [5.41, 5.74) is 5.36. The van der Waals surface area contributed by atoms with E-state index in [-0.39, 0.29) is 11.8 Å². The molecule has 0 bridgehead atoms. The fourth-order valence-corrected chi connectivity index (χ4v) is 4.34. The first-order valence-electron chi connectivity index (χ1n) is 9.88. The van der Waals surface area contributed by atoms with Crippen LogP contribution in [0.1, 0.15) is 61.3 Å². The lowest BCUT2D eigenvalue weighted by Gasteiger charge is -2.13. The monoisotopic (exact) mass is 425 g/mol. The van der Waals surface area contributed by atoms with Gasteiger partial charge in [-0.3, -0.25) is 9.59 Å². The summed E-state index contributed by atoms with van der Waals surface area (Å²) in [4.78, 5) is 26.2. The van der Waals surface area contributed by atoms with E-state index in [1.807, 2.05) is 18.4 Å². The normalized spacial score (nSPS) is 14.5. The maximum absolute atomic E-state index is 12.7. The molecule has 0 aromatic carbocycles. The predicted octanol–water partition coefficient (Wildman–Crippen LogP) is 3.99. The van der Waals surface area contributed by atoms with Gasteiger partial charge in [-0.25, -0.2) is 5.43 Å². The van der Waals surface area contributed by atoms with E-state index in [9.17, 15) is 9.59 Å². The van der Waals surface area contributed by atoms with Crippen LogP contribution in [0.5, 0.6) is 0 Å². The Bertz CT molecular complexity index is 1090. The molecule has 0 fully saturated rings. The predicted molar refractivity (Wildman–Crippen MR) is 114 cm³/mol. The Morgan fingerprint density at radius 1 is 1.20 bits per heavy atom. The van der Waals surface area contributed by atoms with E-state index in [4.69, 9.17) is 8.83 Å². The van der Waals surface area contributed by atoms with Gasteiger partial charge in [0.15, 0.2) is 5.76 Å². The van der Waals surface area contributed by atoms with Gasteiger partial charge < -0.3 is 14.2 Å². The van der Waals surface area contributed by atoms with E-state index in [0.29, 0.717) is 30.0 Å². The molecule has 0 atom stereocenters. The molecule has 3 aromatic heterocycles. The second kappa shape index (κ2) is 8.71. The first-order chi connectivity index (χ1) is 14.5. The van der Waals surface area contributed by atoms with E-state index >= 15 is 0 Å². The molecule has 8 heteroatoms. The number of carbonyl (C=O) groups excluding carboxylic acids is 2. The van der Waals surface area contributed by atoms with Gasteiger partial charge in [0.1, 0.15) is 11.5 Å². The minimum Gasteiger partial charge on any atom is -0.469 e. The highest BCUT2D eigenvalue weighted by molar-refractivity contribution is 7.09. The number of hydrazone groups is 1. The van der Waals surface area contributed by atoms with Crippen LogP contribution in [0.15, 0.2) is 43.8 Å². The zero-order valence-electron chi connectivity index (χ0n) is 16.9. The Balaban J connectivity index is 1.48. The smallest absolute Gasteiger partial charge is 0.287 e. The van der Waals surface area contributed by atoms with E-state index < -0.39 is 0 Å². The van der Waals surface area contributed by atoms with E-state index in [1.165, 1.54) is 11.1 Å². The fraction of sp³-hybridized carbons (Fsp3) is 0.318. The third-order valence-corrected chi connectivity index (χ3v) is 6.10. The number of hydrogen-bond acceptors (Lipinski definition) is 6. The molecule has 156 valence electrons. The molecule has 7 nitrogen and oxygen atoms in total. The van der Waals surface area contributed by atoms with Crippen molar-refractivity contribution < 1.29 is 18.4 Å². The number of thiophene rings is 1. The van der Waals surface area contributed by atoms with Gasteiger partial charge >= 0.3 is 0 Å². The van der Waals surface area contributed by atoms with Gasteiger partial charge in [-0.15, -0.1) is 11.3 Å². The molecule has 1 aliphatic carbocycles. The lowest BCUT2D eigenvalue weighted by atomic mass is 9.93. The molecule has 0 saturated carbocycles. The lowest BCUT2D eigenvalue weighted by Crippen LogP contribution is -2.26. The van der Waals surface area contributed by atoms with E-state index in [0.717, 1.165) is 41.9 Å². The first-order valence-corrected chi connectivity index (χ1v) is 10.8. The number of fused-ring (bicyclic) bond motifs is 1. The Labute approximate surface area is 178 Å². The van der Waals surface area contributed by atoms with Crippen LogP contribution in [0.2, 0.25) is 0 Å². The van der Waals surface area contributed by atoms with Gasteiger partial charge in [0.05, 0.1) is 17.5 Å². The molecule has 3 aromatic rings. The van der Waals surface area contributed by atoms with Gasteiger partial charge in [-0.05, 0) is 50.6 Å². The third-order valence-electron chi connectivity index (χ3n) is 5.16. The average Bonchev–Trinajstić information content (AvgIpc) is 3.47. The topological polar surface area (TPSA) is 96.8 Å². The van der Waals surface area contributed by atoms with Crippen LogP contribution in [-0.2, 0) is 12.8 Å². The number of carbonyl (C=O) groups is 2. The second-order valence-corrected chi connectivity index (χ2v) is 8.22. The Hall–Kier alpha value is -3.13. The fourth-order valence-electron chi connectivity index (χ4n) is 3.63. The number of rotatable bonds is 6. The maximum Gasteiger partial charge on any atom is 0.287 e. The van der Waals surface area contributed by atoms with E-state index in [1.54, 1.807) is 24.3 Å². The summed E-state index contributed by atoms with van der Waals surface area (Å²) in [5.74, 6) is 1.05. The first kappa shape index (κ1) is 20.2. The SMILES string of the molecule is Cc1occc1C(=O)N/N=C1\CCCc2oc(C(=O)NCCc3cccs3)c(C)c21. The zero-order chi connectivity index (χ0) is 21.1. The van der Waals surface area contributed by atoms with E-state index in [2.05, 4.69) is 21.9 Å². The van der Waals surface area contributed by atoms with Gasteiger partial charge in [-0.1, -0.05) is 6.07 Å². The molecule has 30 heavy (non-hydrogen) atoms. The van der Waals surface area contributed by atoms with Crippen LogP contribution >= 0.6 is 11.3 Å². The minimum atomic E-state index is -0.325. The standard InChI is InChI=1S/C22H23N3O4S/c1-13-19-17(24-25-21(26)16-9-11-28-14(16)2)6-3-7-18(19)29-20(13)22(27)23-10-8-15-5-4-12-30-15/h4-5,9,11-12H,3,6-8,10H2,1-2H3,(H,23,27)(H,25,26)/b24-17+. The Morgan fingerprint density at radius 3 is 2.80 bits per heavy atom. The Morgan fingerprint density at radius 2 is 2.07 bits per heavy atom. The molecule has 0 saturated heterocycles. The van der Waals surface area contributed by atoms with Crippen molar-refractivity contribution in [2.75, 3.05) is 6.54 Å². The van der Waals surface area contributed by atoms with Crippen LogP contribution in [0.4, 0.5) is 0 Å². The largest absolute Gasteiger partial charge is 0.469 e. The van der Waals surface area contributed by atoms with Crippen molar-refractivity contribution in [3.05, 3.63) is 68.7 Å². The summed E-state index contributed by atoms with van der Waals surface area (Å²) in [7, 11) is 0. The quantitative estimate of drug-likeness (QED) is 0.584. The number of furan rings is 2. The summed E-state index contributed by atoms with van der Waals surface area (Å²) >= 11 is 1.67. The summed E-state index contributed by atoms with van der Waals surface area (Å²) < 4.78 is 11.1. The highest BCUT2D eigenvalue weighted by atomic mass is 32.1. The highest BCUT2D eigenvalue weighted by Crippen LogP contribution is 2.30. The van der Waals surface area contributed by atoms with Crippen LogP contribution in [-0.4, -0.2) is 24.1 Å². The van der Waals surface area contributed by atoms with Crippen LogP contribution in [0.3, 0.4) is 0 Å². The second-order valence-electron chi connectivity index (χ2n) is 7.18. The Kier molecular flexibility index (Phi) is 5.85. The number of hydrogen-bond donors (Lipinski definition) is 2. The summed E-state index contributed by atoms with van der Waals surface area (Å²) in [6, 6.07) is 5.66. The average molecular weight is 426 g/mol. The van der Waals surface area contributed by atoms with Crippen molar-refractivity contribution in [2.24, 2.45) is 5.10 Å². The summed E-state index contributed by atoms with van der Waals surface area (Å²) in [6.07, 6.45) is 4.55. The van der Waals surface area contributed by atoms with Crippen molar-refractivity contribution >= 4 is 28.9 Å².